The van der Waals surface area contributed by atoms with Crippen LogP contribution < -0.4 is 5.32 Å². The van der Waals surface area contributed by atoms with Gasteiger partial charge in [-0.25, -0.2) is 0 Å². The van der Waals surface area contributed by atoms with Crippen LogP contribution in [0.25, 0.3) is 17.2 Å². The molecule has 0 radical (unpaired) electrons. The molecule has 0 aromatic heterocycles. The van der Waals surface area contributed by atoms with Crippen LogP contribution in [0.1, 0.15) is 5.56 Å². The number of amides is 1. The van der Waals surface area contributed by atoms with E-state index in [1.807, 2.05) is 54.6 Å². The Kier molecular flexibility index (Phi) is 5.19. The highest BCUT2D eigenvalue weighted by Gasteiger charge is 2.10. The SMILES string of the molecule is O=C(/C=C/c1ccccc1[N+](=O)[O-])Nc1ccccc1-c1ccccc1. The lowest BCUT2D eigenvalue weighted by Crippen LogP contribution is -2.08. The van der Waals surface area contributed by atoms with Crippen molar-refractivity contribution in [2.24, 2.45) is 0 Å². The van der Waals surface area contributed by atoms with Crippen LogP contribution >= 0.6 is 0 Å². The predicted molar refractivity (Wildman–Crippen MR) is 103 cm³/mol. The van der Waals surface area contributed by atoms with E-state index >= 15 is 0 Å². The summed E-state index contributed by atoms with van der Waals surface area (Å²) in [6, 6.07) is 23.5. The Morgan fingerprint density at radius 1 is 0.885 bits per heavy atom. The van der Waals surface area contributed by atoms with E-state index in [0.717, 1.165) is 11.1 Å². The van der Waals surface area contributed by atoms with Crippen LogP contribution in [0.4, 0.5) is 11.4 Å². The summed E-state index contributed by atoms with van der Waals surface area (Å²) in [6.07, 6.45) is 2.74. The van der Waals surface area contributed by atoms with E-state index in [-0.39, 0.29) is 11.6 Å². The van der Waals surface area contributed by atoms with Gasteiger partial charge in [0.2, 0.25) is 5.91 Å². The largest absolute Gasteiger partial charge is 0.322 e. The summed E-state index contributed by atoms with van der Waals surface area (Å²) in [6.45, 7) is 0. The van der Waals surface area contributed by atoms with Crippen LogP contribution in [0.15, 0.2) is 84.9 Å². The second-order valence-corrected chi connectivity index (χ2v) is 5.55. The Morgan fingerprint density at radius 2 is 1.54 bits per heavy atom. The summed E-state index contributed by atoms with van der Waals surface area (Å²) < 4.78 is 0. The maximum absolute atomic E-state index is 12.3. The van der Waals surface area contributed by atoms with Gasteiger partial charge >= 0.3 is 0 Å². The number of hydrogen-bond acceptors (Lipinski definition) is 3. The molecule has 128 valence electrons. The van der Waals surface area contributed by atoms with Crippen molar-refractivity contribution in [1.29, 1.82) is 0 Å². The van der Waals surface area contributed by atoms with E-state index in [9.17, 15) is 14.9 Å². The zero-order chi connectivity index (χ0) is 18.4. The van der Waals surface area contributed by atoms with E-state index in [4.69, 9.17) is 0 Å². The van der Waals surface area contributed by atoms with Crippen LogP contribution in [0.2, 0.25) is 0 Å². The van der Waals surface area contributed by atoms with Crippen molar-refractivity contribution in [2.45, 2.75) is 0 Å². The van der Waals surface area contributed by atoms with Crippen molar-refractivity contribution < 1.29 is 9.72 Å². The number of carbonyl (C=O) groups is 1. The smallest absolute Gasteiger partial charge is 0.276 e. The van der Waals surface area contributed by atoms with E-state index in [0.29, 0.717) is 11.3 Å². The molecule has 3 aromatic carbocycles. The molecule has 1 amide bonds. The number of rotatable bonds is 5. The van der Waals surface area contributed by atoms with Gasteiger partial charge < -0.3 is 5.32 Å². The summed E-state index contributed by atoms with van der Waals surface area (Å²) >= 11 is 0. The van der Waals surface area contributed by atoms with Crippen molar-refractivity contribution in [3.63, 3.8) is 0 Å². The molecule has 0 fully saturated rings. The molecule has 26 heavy (non-hydrogen) atoms. The quantitative estimate of drug-likeness (QED) is 0.406. The van der Waals surface area contributed by atoms with Crippen LogP contribution in [-0.2, 0) is 4.79 Å². The number of nitro benzene ring substituents is 1. The molecule has 0 heterocycles. The van der Waals surface area contributed by atoms with Crippen molar-refractivity contribution in [3.05, 3.63) is 101 Å². The number of nitrogens with one attached hydrogen (secondary N) is 1. The third-order valence-electron chi connectivity index (χ3n) is 3.82. The molecule has 3 rings (SSSR count). The summed E-state index contributed by atoms with van der Waals surface area (Å²) in [4.78, 5) is 22.8. The minimum absolute atomic E-state index is 0.0405. The molecule has 5 heteroatoms. The number of anilines is 1. The number of carbonyl (C=O) groups excluding carboxylic acids is 1. The third kappa shape index (κ3) is 4.02. The zero-order valence-corrected chi connectivity index (χ0v) is 13.8. The van der Waals surface area contributed by atoms with Gasteiger partial charge in [-0.3, -0.25) is 14.9 Å². The normalized spacial score (nSPS) is 10.6. The lowest BCUT2D eigenvalue weighted by Gasteiger charge is -2.10. The van der Waals surface area contributed by atoms with Gasteiger partial charge in [-0.15, -0.1) is 0 Å². The fourth-order valence-electron chi connectivity index (χ4n) is 2.60. The Labute approximate surface area is 150 Å². The highest BCUT2D eigenvalue weighted by Crippen LogP contribution is 2.27. The molecule has 0 spiro atoms. The Morgan fingerprint density at radius 3 is 2.31 bits per heavy atom. The minimum Gasteiger partial charge on any atom is -0.322 e. The van der Waals surface area contributed by atoms with E-state index < -0.39 is 4.92 Å². The first-order chi connectivity index (χ1) is 12.6. The first kappa shape index (κ1) is 17.1. The van der Waals surface area contributed by atoms with E-state index in [2.05, 4.69) is 5.32 Å². The topological polar surface area (TPSA) is 72.2 Å². The lowest BCUT2D eigenvalue weighted by atomic mass is 10.0. The molecule has 5 nitrogen and oxygen atoms in total. The maximum atomic E-state index is 12.3. The number of para-hydroxylation sites is 2. The maximum Gasteiger partial charge on any atom is 0.276 e. The average Bonchev–Trinajstić information content (AvgIpc) is 2.67. The molecule has 3 aromatic rings. The van der Waals surface area contributed by atoms with Crippen molar-refractivity contribution >= 4 is 23.4 Å². The Bertz CT molecular complexity index is 966. The summed E-state index contributed by atoms with van der Waals surface area (Å²) in [5.74, 6) is -0.355. The molecule has 0 atom stereocenters. The number of benzene rings is 3. The standard InChI is InChI=1S/C21H16N2O3/c24-21(15-14-17-10-4-7-13-20(17)23(25)26)22-19-12-6-5-11-18(19)16-8-2-1-3-9-16/h1-15H,(H,22,24)/b15-14+. The molecule has 0 saturated heterocycles. The van der Waals surface area contributed by atoms with E-state index in [1.165, 1.54) is 18.2 Å². The Hall–Kier alpha value is -3.73. The van der Waals surface area contributed by atoms with Crippen molar-refractivity contribution in [3.8, 4) is 11.1 Å². The van der Waals surface area contributed by atoms with Gasteiger partial charge in [0.15, 0.2) is 0 Å². The molecule has 0 aliphatic carbocycles. The summed E-state index contributed by atoms with van der Waals surface area (Å²) in [7, 11) is 0. The molecular formula is C21H16N2O3. The number of nitro groups is 1. The predicted octanol–water partition coefficient (Wildman–Crippen LogP) is 4.91. The van der Waals surface area contributed by atoms with Crippen LogP contribution in [0, 0.1) is 10.1 Å². The zero-order valence-electron chi connectivity index (χ0n) is 13.8. The summed E-state index contributed by atoms with van der Waals surface area (Å²) in [5.41, 5.74) is 2.91. The first-order valence-electron chi connectivity index (χ1n) is 8.02. The Balaban J connectivity index is 1.81. The van der Waals surface area contributed by atoms with Crippen molar-refractivity contribution in [2.75, 3.05) is 5.32 Å². The fourth-order valence-corrected chi connectivity index (χ4v) is 2.60. The number of hydrogen-bond donors (Lipinski definition) is 1. The fraction of sp³-hybridized carbons (Fsp3) is 0. The lowest BCUT2D eigenvalue weighted by molar-refractivity contribution is -0.385. The molecule has 0 unspecified atom stereocenters. The minimum atomic E-state index is -0.470. The van der Waals surface area contributed by atoms with Gasteiger partial charge in [-0.1, -0.05) is 60.7 Å². The molecule has 0 bridgehead atoms. The van der Waals surface area contributed by atoms with Gasteiger partial charge in [-0.05, 0) is 23.8 Å². The van der Waals surface area contributed by atoms with Gasteiger partial charge in [0.1, 0.15) is 0 Å². The van der Waals surface area contributed by atoms with Gasteiger partial charge in [0.25, 0.3) is 5.69 Å². The highest BCUT2D eigenvalue weighted by molar-refractivity contribution is 6.04. The van der Waals surface area contributed by atoms with Crippen LogP contribution in [0.5, 0.6) is 0 Å². The third-order valence-corrected chi connectivity index (χ3v) is 3.82. The number of nitrogens with zero attached hydrogens (tertiary/aromatic N) is 1. The van der Waals surface area contributed by atoms with Gasteiger partial charge in [-0.2, -0.15) is 0 Å². The molecular weight excluding hydrogens is 328 g/mol. The average molecular weight is 344 g/mol. The van der Waals surface area contributed by atoms with E-state index in [1.54, 1.807) is 18.2 Å². The summed E-state index contributed by atoms with van der Waals surface area (Å²) in [5, 5.41) is 13.9. The monoisotopic (exact) mass is 344 g/mol. The van der Waals surface area contributed by atoms with Crippen molar-refractivity contribution in [1.82, 2.24) is 0 Å². The molecule has 1 N–H and O–H groups in total. The first-order valence-corrected chi connectivity index (χ1v) is 8.02. The van der Waals surface area contributed by atoms with Crippen LogP contribution in [-0.4, -0.2) is 10.8 Å². The second kappa shape index (κ2) is 7.90. The van der Waals surface area contributed by atoms with Gasteiger partial charge in [0, 0.05) is 23.4 Å². The molecule has 0 aliphatic heterocycles. The van der Waals surface area contributed by atoms with Gasteiger partial charge in [0.05, 0.1) is 10.5 Å². The highest BCUT2D eigenvalue weighted by atomic mass is 16.6. The molecule has 0 aliphatic rings. The molecule has 0 saturated carbocycles. The second-order valence-electron chi connectivity index (χ2n) is 5.55. The van der Waals surface area contributed by atoms with Crippen LogP contribution in [0.3, 0.4) is 0 Å².